The van der Waals surface area contributed by atoms with Crippen LogP contribution in [0.25, 0.3) is 0 Å². The molecule has 1 aromatic rings. The number of amides is 1. The third-order valence-corrected chi connectivity index (χ3v) is 4.26. The van der Waals surface area contributed by atoms with Crippen LogP contribution in [0.4, 0.5) is 5.82 Å². The zero-order chi connectivity index (χ0) is 13.8. The molecule has 2 rings (SSSR count). The highest BCUT2D eigenvalue weighted by Gasteiger charge is 2.19. The van der Waals surface area contributed by atoms with Gasteiger partial charge in [0.05, 0.1) is 0 Å². The number of nitrogens with zero attached hydrogens (tertiary/aromatic N) is 2. The Hall–Kier alpha value is -1.23. The number of hydrogen-bond donors (Lipinski definition) is 1. The Balaban J connectivity index is 2.22. The molecular formula is C14H21N3OS. The highest BCUT2D eigenvalue weighted by Crippen LogP contribution is 2.19. The summed E-state index contributed by atoms with van der Waals surface area (Å²) in [7, 11) is 0. The van der Waals surface area contributed by atoms with Gasteiger partial charge in [-0.2, -0.15) is 11.8 Å². The smallest absolute Gasteiger partial charge is 0.254 e. The van der Waals surface area contributed by atoms with Gasteiger partial charge in [0.2, 0.25) is 0 Å². The summed E-state index contributed by atoms with van der Waals surface area (Å²) in [5.74, 6) is 2.94. The van der Waals surface area contributed by atoms with E-state index in [4.69, 9.17) is 5.73 Å². The fourth-order valence-electron chi connectivity index (χ4n) is 2.12. The van der Waals surface area contributed by atoms with Gasteiger partial charge in [0, 0.05) is 30.1 Å². The van der Waals surface area contributed by atoms with E-state index >= 15 is 0 Å². The number of hydrogen-bond acceptors (Lipinski definition) is 4. The molecule has 1 fully saturated rings. The SMILES string of the molecule is CC(C)c1cc(C(=O)N2CCCSCC2)cc(N)n1. The molecule has 0 atom stereocenters. The van der Waals surface area contributed by atoms with E-state index in [2.05, 4.69) is 18.8 Å². The largest absolute Gasteiger partial charge is 0.384 e. The summed E-state index contributed by atoms with van der Waals surface area (Å²) in [6, 6.07) is 3.56. The van der Waals surface area contributed by atoms with E-state index in [-0.39, 0.29) is 11.8 Å². The normalized spacial score (nSPS) is 16.5. The lowest BCUT2D eigenvalue weighted by Gasteiger charge is -2.20. The molecule has 0 radical (unpaired) electrons. The lowest BCUT2D eigenvalue weighted by Crippen LogP contribution is -2.33. The first kappa shape index (κ1) is 14.2. The van der Waals surface area contributed by atoms with Crippen LogP contribution in [0.5, 0.6) is 0 Å². The molecule has 1 aromatic heterocycles. The summed E-state index contributed by atoms with van der Waals surface area (Å²) >= 11 is 1.91. The summed E-state index contributed by atoms with van der Waals surface area (Å²) in [4.78, 5) is 18.7. The zero-order valence-electron chi connectivity index (χ0n) is 11.6. The summed E-state index contributed by atoms with van der Waals surface area (Å²) in [6.45, 7) is 5.77. The Kier molecular flexibility index (Phi) is 4.69. The van der Waals surface area contributed by atoms with Crippen LogP contribution in [0.3, 0.4) is 0 Å². The molecule has 1 saturated heterocycles. The minimum atomic E-state index is 0.0819. The molecule has 1 amide bonds. The summed E-state index contributed by atoms with van der Waals surface area (Å²) in [5.41, 5.74) is 7.36. The molecule has 19 heavy (non-hydrogen) atoms. The Morgan fingerprint density at radius 3 is 2.89 bits per heavy atom. The quantitative estimate of drug-likeness (QED) is 0.903. The van der Waals surface area contributed by atoms with Gasteiger partial charge in [-0.15, -0.1) is 0 Å². The maximum Gasteiger partial charge on any atom is 0.254 e. The van der Waals surface area contributed by atoms with Crippen molar-refractivity contribution in [3.63, 3.8) is 0 Å². The molecule has 104 valence electrons. The Bertz CT molecular complexity index is 454. The first-order chi connectivity index (χ1) is 9.08. The van der Waals surface area contributed by atoms with Crippen molar-refractivity contribution in [2.24, 2.45) is 0 Å². The highest BCUT2D eigenvalue weighted by molar-refractivity contribution is 7.99. The second-order valence-corrected chi connectivity index (χ2v) is 6.34. The molecule has 0 saturated carbocycles. The number of thioether (sulfide) groups is 1. The summed E-state index contributed by atoms with van der Waals surface area (Å²) in [6.07, 6.45) is 1.06. The van der Waals surface area contributed by atoms with Crippen molar-refractivity contribution in [1.82, 2.24) is 9.88 Å². The average molecular weight is 279 g/mol. The van der Waals surface area contributed by atoms with Crippen LogP contribution in [0, 0.1) is 0 Å². The molecular weight excluding hydrogens is 258 g/mol. The van der Waals surface area contributed by atoms with Crippen molar-refractivity contribution < 1.29 is 4.79 Å². The molecule has 1 aliphatic rings. The first-order valence-electron chi connectivity index (χ1n) is 6.72. The van der Waals surface area contributed by atoms with E-state index < -0.39 is 0 Å². The summed E-state index contributed by atoms with van der Waals surface area (Å²) < 4.78 is 0. The molecule has 0 aromatic carbocycles. The molecule has 0 aliphatic carbocycles. The van der Waals surface area contributed by atoms with Crippen LogP contribution in [0.2, 0.25) is 0 Å². The van der Waals surface area contributed by atoms with Gasteiger partial charge in [-0.1, -0.05) is 13.8 Å². The number of aromatic nitrogens is 1. The van der Waals surface area contributed by atoms with Gasteiger partial charge in [0.1, 0.15) is 5.82 Å². The van der Waals surface area contributed by atoms with E-state index in [0.29, 0.717) is 11.4 Å². The van der Waals surface area contributed by atoms with Crippen LogP contribution in [0.15, 0.2) is 12.1 Å². The molecule has 4 nitrogen and oxygen atoms in total. The van der Waals surface area contributed by atoms with Crippen LogP contribution in [-0.2, 0) is 0 Å². The fourth-order valence-corrected chi connectivity index (χ4v) is 3.01. The number of nitrogens with two attached hydrogens (primary N) is 1. The van der Waals surface area contributed by atoms with Crippen molar-refractivity contribution in [2.75, 3.05) is 30.3 Å². The molecule has 2 heterocycles. The second kappa shape index (κ2) is 6.28. The molecule has 0 bridgehead atoms. The standard InChI is InChI=1S/C14H21N3OS/c1-10(2)12-8-11(9-13(15)16-12)14(18)17-4-3-6-19-7-5-17/h8-10H,3-7H2,1-2H3,(H2,15,16). The maximum absolute atomic E-state index is 12.5. The maximum atomic E-state index is 12.5. The van der Waals surface area contributed by atoms with E-state index in [0.717, 1.165) is 36.7 Å². The predicted molar refractivity (Wildman–Crippen MR) is 80.6 cm³/mol. The molecule has 1 aliphatic heterocycles. The van der Waals surface area contributed by atoms with E-state index in [1.807, 2.05) is 22.7 Å². The average Bonchev–Trinajstić information content (AvgIpc) is 2.65. The van der Waals surface area contributed by atoms with Gasteiger partial charge >= 0.3 is 0 Å². The molecule has 2 N–H and O–H groups in total. The number of carbonyl (C=O) groups is 1. The van der Waals surface area contributed by atoms with Gasteiger partial charge in [-0.05, 0) is 30.2 Å². The second-order valence-electron chi connectivity index (χ2n) is 5.12. The predicted octanol–water partition coefficient (Wildman–Crippen LogP) is 2.37. The lowest BCUT2D eigenvalue weighted by atomic mass is 10.1. The third-order valence-electron chi connectivity index (χ3n) is 3.21. The number of rotatable bonds is 2. The van der Waals surface area contributed by atoms with Crippen molar-refractivity contribution in [3.8, 4) is 0 Å². The van der Waals surface area contributed by atoms with Crippen LogP contribution in [0.1, 0.15) is 42.2 Å². The number of pyridine rings is 1. The van der Waals surface area contributed by atoms with Crippen LogP contribution < -0.4 is 5.73 Å². The Morgan fingerprint density at radius 1 is 1.37 bits per heavy atom. The van der Waals surface area contributed by atoms with Gasteiger partial charge in [-0.25, -0.2) is 4.98 Å². The highest BCUT2D eigenvalue weighted by atomic mass is 32.2. The van der Waals surface area contributed by atoms with Gasteiger partial charge < -0.3 is 10.6 Å². The van der Waals surface area contributed by atoms with Gasteiger partial charge in [-0.3, -0.25) is 4.79 Å². The molecule has 5 heteroatoms. The lowest BCUT2D eigenvalue weighted by molar-refractivity contribution is 0.0768. The van der Waals surface area contributed by atoms with Gasteiger partial charge in [0.25, 0.3) is 5.91 Å². The zero-order valence-corrected chi connectivity index (χ0v) is 12.4. The minimum Gasteiger partial charge on any atom is -0.384 e. The van der Waals surface area contributed by atoms with Gasteiger partial charge in [0.15, 0.2) is 0 Å². The number of carbonyl (C=O) groups excluding carboxylic acids is 1. The first-order valence-corrected chi connectivity index (χ1v) is 7.88. The van der Waals surface area contributed by atoms with Crippen molar-refractivity contribution >= 4 is 23.5 Å². The Labute approximate surface area is 118 Å². The van der Waals surface area contributed by atoms with Crippen LogP contribution >= 0.6 is 11.8 Å². The number of anilines is 1. The Morgan fingerprint density at radius 2 is 2.16 bits per heavy atom. The van der Waals surface area contributed by atoms with E-state index in [1.165, 1.54) is 0 Å². The van der Waals surface area contributed by atoms with Crippen molar-refractivity contribution in [1.29, 1.82) is 0 Å². The molecule has 0 unspecified atom stereocenters. The van der Waals surface area contributed by atoms with E-state index in [9.17, 15) is 4.79 Å². The molecule has 0 spiro atoms. The third kappa shape index (κ3) is 3.62. The topological polar surface area (TPSA) is 59.2 Å². The number of nitrogen functional groups attached to an aromatic ring is 1. The summed E-state index contributed by atoms with van der Waals surface area (Å²) in [5, 5.41) is 0. The fraction of sp³-hybridized carbons (Fsp3) is 0.571. The monoisotopic (exact) mass is 279 g/mol. The van der Waals surface area contributed by atoms with E-state index in [1.54, 1.807) is 6.07 Å². The van der Waals surface area contributed by atoms with Crippen LogP contribution in [-0.4, -0.2) is 40.4 Å². The van der Waals surface area contributed by atoms with Crippen molar-refractivity contribution in [3.05, 3.63) is 23.4 Å². The minimum absolute atomic E-state index is 0.0819. The van der Waals surface area contributed by atoms with Crippen molar-refractivity contribution in [2.45, 2.75) is 26.2 Å².